The number of nitrogens with two attached hydrogens (primary N) is 1. The summed E-state index contributed by atoms with van der Waals surface area (Å²) in [7, 11) is 0. The molecule has 2 aromatic rings. The van der Waals surface area contributed by atoms with Crippen molar-refractivity contribution in [3.05, 3.63) is 24.0 Å². The van der Waals surface area contributed by atoms with Crippen LogP contribution in [0.2, 0.25) is 0 Å². The van der Waals surface area contributed by atoms with Crippen LogP contribution in [0.3, 0.4) is 0 Å². The molecule has 0 saturated heterocycles. The molecule has 5 nitrogen and oxygen atoms in total. The molecular weight excluding hydrogens is 218 g/mol. The molecule has 1 aromatic carbocycles. The molecule has 0 bridgehead atoms. The van der Waals surface area contributed by atoms with Crippen LogP contribution < -0.4 is 5.73 Å². The average Bonchev–Trinajstić information content (AvgIpc) is 2.63. The second-order valence-electron chi connectivity index (χ2n) is 3.93. The zero-order chi connectivity index (χ0) is 12.4. The maximum absolute atomic E-state index is 10.6. The predicted octanol–water partition coefficient (Wildman–Crippen LogP) is 1.66. The summed E-state index contributed by atoms with van der Waals surface area (Å²) in [5.74, 6) is 0.0937. The summed E-state index contributed by atoms with van der Waals surface area (Å²) in [6, 6.07) is 5.51. The molecule has 0 aliphatic carbocycles. The quantitative estimate of drug-likeness (QED) is 0.787. The number of fused-ring (bicyclic) bond motifs is 1. The number of aryl methyl sites for hydroxylation is 2. The average molecular weight is 233 g/mol. The van der Waals surface area contributed by atoms with Crippen LogP contribution >= 0.6 is 0 Å². The van der Waals surface area contributed by atoms with Crippen LogP contribution in [0.25, 0.3) is 11.0 Å². The fraction of sp³-hybridized carbons (Fsp3) is 0.333. The van der Waals surface area contributed by atoms with Crippen molar-refractivity contribution < 1.29 is 9.90 Å². The number of carboxylic acid groups (broad SMARTS) is 1. The zero-order valence-electron chi connectivity index (χ0n) is 9.68. The molecule has 0 aliphatic heterocycles. The Labute approximate surface area is 98.9 Å². The van der Waals surface area contributed by atoms with Crippen LogP contribution in [0.1, 0.15) is 19.2 Å². The lowest BCUT2D eigenvalue weighted by Gasteiger charge is -2.05. The van der Waals surface area contributed by atoms with E-state index in [0.29, 0.717) is 12.2 Å². The van der Waals surface area contributed by atoms with Gasteiger partial charge in [0.1, 0.15) is 5.82 Å². The topological polar surface area (TPSA) is 81.1 Å². The highest BCUT2D eigenvalue weighted by Crippen LogP contribution is 2.19. The number of hydrogen-bond acceptors (Lipinski definition) is 3. The summed E-state index contributed by atoms with van der Waals surface area (Å²) in [5.41, 5.74) is 8.14. The van der Waals surface area contributed by atoms with Crippen LogP contribution in [-0.2, 0) is 17.8 Å². The van der Waals surface area contributed by atoms with Gasteiger partial charge in [-0.2, -0.15) is 0 Å². The summed E-state index contributed by atoms with van der Waals surface area (Å²) >= 11 is 0. The van der Waals surface area contributed by atoms with E-state index in [1.54, 1.807) is 6.07 Å². The molecule has 90 valence electrons. The second kappa shape index (κ2) is 4.45. The van der Waals surface area contributed by atoms with Crippen LogP contribution in [0.5, 0.6) is 0 Å². The number of nitrogens with zero attached hydrogens (tertiary/aromatic N) is 2. The molecule has 0 radical (unpaired) electrons. The number of imidazole rings is 1. The molecule has 0 spiro atoms. The van der Waals surface area contributed by atoms with E-state index in [4.69, 9.17) is 10.8 Å². The Bertz CT molecular complexity index is 560. The maximum atomic E-state index is 10.6. The number of carbonyl (C=O) groups is 1. The highest BCUT2D eigenvalue weighted by Gasteiger charge is 2.10. The van der Waals surface area contributed by atoms with Gasteiger partial charge in [-0.25, -0.2) is 4.98 Å². The first kappa shape index (κ1) is 11.4. The molecule has 0 unspecified atom stereocenters. The molecule has 1 heterocycles. The van der Waals surface area contributed by atoms with Crippen LogP contribution in [0.15, 0.2) is 18.2 Å². The molecule has 0 aliphatic rings. The van der Waals surface area contributed by atoms with Crippen molar-refractivity contribution in [2.45, 2.75) is 26.3 Å². The second-order valence-corrected chi connectivity index (χ2v) is 3.93. The van der Waals surface area contributed by atoms with Gasteiger partial charge in [-0.05, 0) is 18.2 Å². The van der Waals surface area contributed by atoms with Crippen molar-refractivity contribution >= 4 is 22.7 Å². The minimum absolute atomic E-state index is 0.100. The van der Waals surface area contributed by atoms with Gasteiger partial charge < -0.3 is 15.4 Å². The van der Waals surface area contributed by atoms with E-state index in [9.17, 15) is 4.79 Å². The number of carboxylic acids is 1. The normalized spacial score (nSPS) is 10.9. The Morgan fingerprint density at radius 3 is 2.94 bits per heavy atom. The number of anilines is 1. The van der Waals surface area contributed by atoms with Crippen molar-refractivity contribution in [1.82, 2.24) is 9.55 Å². The standard InChI is InChI=1S/C12H15N3O2/c1-2-11-14-9-7-8(13)3-4-10(9)15(11)6-5-12(16)17/h3-4,7H,2,5-6,13H2,1H3,(H,16,17). The molecule has 17 heavy (non-hydrogen) atoms. The minimum atomic E-state index is -0.802. The summed E-state index contributed by atoms with van der Waals surface area (Å²) < 4.78 is 1.95. The Balaban J connectivity index is 2.47. The molecule has 1 aromatic heterocycles. The molecule has 0 saturated carbocycles. The smallest absolute Gasteiger partial charge is 0.305 e. The number of aliphatic carboxylic acids is 1. The van der Waals surface area contributed by atoms with E-state index in [2.05, 4.69) is 4.98 Å². The molecule has 0 atom stereocenters. The van der Waals surface area contributed by atoms with Crippen molar-refractivity contribution in [2.24, 2.45) is 0 Å². The maximum Gasteiger partial charge on any atom is 0.305 e. The van der Waals surface area contributed by atoms with Crippen molar-refractivity contribution in [3.8, 4) is 0 Å². The zero-order valence-corrected chi connectivity index (χ0v) is 9.68. The minimum Gasteiger partial charge on any atom is -0.481 e. The third kappa shape index (κ3) is 2.22. The third-order valence-electron chi connectivity index (χ3n) is 2.72. The van der Waals surface area contributed by atoms with Gasteiger partial charge in [0.2, 0.25) is 0 Å². The number of aromatic nitrogens is 2. The molecule has 0 fully saturated rings. The van der Waals surface area contributed by atoms with Gasteiger partial charge in [0, 0.05) is 18.7 Å². The lowest BCUT2D eigenvalue weighted by molar-refractivity contribution is -0.137. The van der Waals surface area contributed by atoms with Gasteiger partial charge in [0.15, 0.2) is 0 Å². The van der Waals surface area contributed by atoms with E-state index in [-0.39, 0.29) is 6.42 Å². The first-order valence-corrected chi connectivity index (χ1v) is 5.58. The number of rotatable bonds is 4. The van der Waals surface area contributed by atoms with E-state index < -0.39 is 5.97 Å². The first-order valence-electron chi connectivity index (χ1n) is 5.58. The Kier molecular flexibility index (Phi) is 2.99. The van der Waals surface area contributed by atoms with Crippen LogP contribution in [0.4, 0.5) is 5.69 Å². The monoisotopic (exact) mass is 233 g/mol. The van der Waals surface area contributed by atoms with Gasteiger partial charge in [-0.15, -0.1) is 0 Å². The third-order valence-corrected chi connectivity index (χ3v) is 2.72. The number of nitrogen functional groups attached to an aromatic ring is 1. The highest BCUT2D eigenvalue weighted by molar-refractivity contribution is 5.80. The van der Waals surface area contributed by atoms with Crippen LogP contribution in [-0.4, -0.2) is 20.6 Å². The summed E-state index contributed by atoms with van der Waals surface area (Å²) in [6.07, 6.45) is 0.872. The molecule has 3 N–H and O–H groups in total. The van der Waals surface area contributed by atoms with Crippen LogP contribution in [0, 0.1) is 0 Å². The summed E-state index contributed by atoms with van der Waals surface area (Å²) in [5, 5.41) is 8.74. The molecule has 2 rings (SSSR count). The van der Waals surface area contributed by atoms with Crippen molar-refractivity contribution in [2.75, 3.05) is 5.73 Å². The fourth-order valence-corrected chi connectivity index (χ4v) is 1.92. The van der Waals surface area contributed by atoms with E-state index in [1.165, 1.54) is 0 Å². The molecule has 0 amide bonds. The van der Waals surface area contributed by atoms with E-state index >= 15 is 0 Å². The largest absolute Gasteiger partial charge is 0.481 e. The fourth-order valence-electron chi connectivity index (χ4n) is 1.92. The van der Waals surface area contributed by atoms with Gasteiger partial charge in [-0.3, -0.25) is 4.79 Å². The predicted molar refractivity (Wildman–Crippen MR) is 65.8 cm³/mol. The number of hydrogen-bond donors (Lipinski definition) is 2. The van der Waals surface area contributed by atoms with Gasteiger partial charge in [0.25, 0.3) is 0 Å². The lowest BCUT2D eigenvalue weighted by atomic mass is 10.3. The van der Waals surface area contributed by atoms with E-state index in [1.807, 2.05) is 23.6 Å². The van der Waals surface area contributed by atoms with Crippen molar-refractivity contribution in [3.63, 3.8) is 0 Å². The molecule has 5 heteroatoms. The highest BCUT2D eigenvalue weighted by atomic mass is 16.4. The van der Waals surface area contributed by atoms with Crippen molar-refractivity contribution in [1.29, 1.82) is 0 Å². The van der Waals surface area contributed by atoms with Gasteiger partial charge >= 0.3 is 5.97 Å². The summed E-state index contributed by atoms with van der Waals surface area (Å²) in [4.78, 5) is 15.1. The SMILES string of the molecule is CCc1nc2cc(N)ccc2n1CCC(=O)O. The molecular formula is C12H15N3O2. The lowest BCUT2D eigenvalue weighted by Crippen LogP contribution is -2.07. The van der Waals surface area contributed by atoms with E-state index in [0.717, 1.165) is 23.3 Å². The summed E-state index contributed by atoms with van der Waals surface area (Å²) in [6.45, 7) is 2.45. The van der Waals surface area contributed by atoms with Gasteiger partial charge in [0.05, 0.1) is 17.5 Å². The Morgan fingerprint density at radius 1 is 1.53 bits per heavy atom. The Morgan fingerprint density at radius 2 is 2.29 bits per heavy atom. The first-order chi connectivity index (χ1) is 8.11. The number of benzene rings is 1. The Hall–Kier alpha value is -2.04. The van der Waals surface area contributed by atoms with Gasteiger partial charge in [-0.1, -0.05) is 6.92 Å².